The second-order valence-electron chi connectivity index (χ2n) is 3.27. The Hall–Kier alpha value is -2.11. The molecule has 0 aliphatic heterocycles. The number of alkyl halides is 3. The van der Waals surface area contributed by atoms with Crippen LogP contribution in [0.15, 0.2) is 42.7 Å². The Bertz CT molecular complexity index is 480. The van der Waals surface area contributed by atoms with Gasteiger partial charge in [-0.15, -0.1) is 0 Å². The Kier molecular flexibility index (Phi) is 2.95. The van der Waals surface area contributed by atoms with Crippen LogP contribution in [-0.2, 0) is 6.18 Å². The summed E-state index contributed by atoms with van der Waals surface area (Å²) in [5.41, 5.74) is -0.458. The van der Waals surface area contributed by atoms with E-state index in [1.165, 1.54) is 6.07 Å². The lowest BCUT2D eigenvalue weighted by atomic mass is 10.3. The molecule has 0 fully saturated rings. The Morgan fingerprint density at radius 2 is 1.82 bits per heavy atom. The standard InChI is InChI=1S/C11H8F3N3/c12-11(13,14)9-5-4-8(7-16-9)17-10-3-1-2-6-15-10/h1-7H,(H,15,17). The Morgan fingerprint density at radius 3 is 2.35 bits per heavy atom. The van der Waals surface area contributed by atoms with Gasteiger partial charge in [-0.3, -0.25) is 0 Å². The van der Waals surface area contributed by atoms with Gasteiger partial charge in [-0.1, -0.05) is 6.07 Å². The Labute approximate surface area is 95.3 Å². The van der Waals surface area contributed by atoms with Crippen LogP contribution in [0.5, 0.6) is 0 Å². The molecule has 0 spiro atoms. The molecule has 17 heavy (non-hydrogen) atoms. The molecule has 3 nitrogen and oxygen atoms in total. The predicted molar refractivity (Wildman–Crippen MR) is 56.8 cm³/mol. The maximum absolute atomic E-state index is 12.3. The molecular weight excluding hydrogens is 231 g/mol. The normalized spacial score (nSPS) is 11.2. The van der Waals surface area contributed by atoms with Crippen molar-refractivity contribution in [2.75, 3.05) is 5.32 Å². The van der Waals surface area contributed by atoms with Crippen molar-refractivity contribution in [3.63, 3.8) is 0 Å². The van der Waals surface area contributed by atoms with E-state index < -0.39 is 11.9 Å². The summed E-state index contributed by atoms with van der Waals surface area (Å²) in [6.45, 7) is 0. The molecule has 0 bridgehead atoms. The van der Waals surface area contributed by atoms with Crippen LogP contribution in [0, 0.1) is 0 Å². The first-order valence-corrected chi connectivity index (χ1v) is 4.77. The fourth-order valence-electron chi connectivity index (χ4n) is 1.22. The number of hydrogen-bond donors (Lipinski definition) is 1. The lowest BCUT2D eigenvalue weighted by Gasteiger charge is -2.07. The third kappa shape index (κ3) is 2.93. The first kappa shape index (κ1) is 11.4. The van der Waals surface area contributed by atoms with Crippen molar-refractivity contribution in [1.29, 1.82) is 0 Å². The van der Waals surface area contributed by atoms with Gasteiger partial charge in [-0.25, -0.2) is 9.97 Å². The van der Waals surface area contributed by atoms with Gasteiger partial charge in [0.05, 0.1) is 11.9 Å². The number of nitrogens with zero attached hydrogens (tertiary/aromatic N) is 2. The molecule has 2 aromatic rings. The zero-order chi connectivity index (χ0) is 12.3. The van der Waals surface area contributed by atoms with E-state index in [1.54, 1.807) is 24.4 Å². The van der Waals surface area contributed by atoms with Crippen molar-refractivity contribution >= 4 is 11.5 Å². The van der Waals surface area contributed by atoms with E-state index >= 15 is 0 Å². The molecule has 6 heteroatoms. The van der Waals surface area contributed by atoms with E-state index in [4.69, 9.17) is 0 Å². The van der Waals surface area contributed by atoms with Crippen LogP contribution >= 0.6 is 0 Å². The van der Waals surface area contributed by atoms with Gasteiger partial charge in [-0.05, 0) is 24.3 Å². The van der Waals surface area contributed by atoms with Gasteiger partial charge < -0.3 is 5.32 Å². The monoisotopic (exact) mass is 239 g/mol. The molecule has 0 radical (unpaired) electrons. The zero-order valence-electron chi connectivity index (χ0n) is 8.57. The van der Waals surface area contributed by atoms with Crippen molar-refractivity contribution in [3.05, 3.63) is 48.4 Å². The summed E-state index contributed by atoms with van der Waals surface area (Å²) >= 11 is 0. The van der Waals surface area contributed by atoms with Crippen molar-refractivity contribution in [3.8, 4) is 0 Å². The van der Waals surface area contributed by atoms with Gasteiger partial charge in [0.25, 0.3) is 0 Å². The molecule has 0 aliphatic carbocycles. The van der Waals surface area contributed by atoms with E-state index in [1.807, 2.05) is 0 Å². The van der Waals surface area contributed by atoms with E-state index in [-0.39, 0.29) is 0 Å². The van der Waals surface area contributed by atoms with Crippen molar-refractivity contribution in [2.24, 2.45) is 0 Å². The maximum atomic E-state index is 12.3. The third-order valence-corrected chi connectivity index (χ3v) is 1.99. The second-order valence-corrected chi connectivity index (χ2v) is 3.27. The highest BCUT2D eigenvalue weighted by Gasteiger charge is 2.31. The second kappa shape index (κ2) is 4.40. The number of halogens is 3. The first-order valence-electron chi connectivity index (χ1n) is 4.77. The van der Waals surface area contributed by atoms with Crippen LogP contribution in [0.2, 0.25) is 0 Å². The van der Waals surface area contributed by atoms with Gasteiger partial charge in [0.1, 0.15) is 11.5 Å². The van der Waals surface area contributed by atoms with Gasteiger partial charge in [0, 0.05) is 6.20 Å². The minimum absolute atomic E-state index is 0.455. The van der Waals surface area contributed by atoms with Gasteiger partial charge in [0.2, 0.25) is 0 Å². The van der Waals surface area contributed by atoms with Gasteiger partial charge >= 0.3 is 6.18 Å². The maximum Gasteiger partial charge on any atom is 0.433 e. The number of aromatic nitrogens is 2. The number of nitrogens with one attached hydrogen (secondary N) is 1. The first-order chi connectivity index (χ1) is 8.05. The molecule has 0 aromatic carbocycles. The highest BCUT2D eigenvalue weighted by Crippen LogP contribution is 2.28. The predicted octanol–water partition coefficient (Wildman–Crippen LogP) is 3.24. The lowest BCUT2D eigenvalue weighted by molar-refractivity contribution is -0.141. The molecule has 2 aromatic heterocycles. The molecule has 2 heterocycles. The minimum Gasteiger partial charge on any atom is -0.339 e. The summed E-state index contributed by atoms with van der Waals surface area (Å²) in [6, 6.07) is 7.45. The van der Waals surface area contributed by atoms with Gasteiger partial charge in [0.15, 0.2) is 0 Å². The van der Waals surface area contributed by atoms with Crippen LogP contribution in [-0.4, -0.2) is 9.97 Å². The topological polar surface area (TPSA) is 37.8 Å². The van der Waals surface area contributed by atoms with Crippen molar-refractivity contribution in [1.82, 2.24) is 9.97 Å². The van der Waals surface area contributed by atoms with Crippen LogP contribution in [0.4, 0.5) is 24.7 Å². The molecule has 0 aliphatic rings. The molecule has 0 saturated carbocycles. The van der Waals surface area contributed by atoms with E-state index in [9.17, 15) is 13.2 Å². The highest BCUT2D eigenvalue weighted by molar-refractivity contribution is 5.54. The lowest BCUT2D eigenvalue weighted by Crippen LogP contribution is -2.07. The highest BCUT2D eigenvalue weighted by atomic mass is 19.4. The molecule has 0 atom stereocenters. The average Bonchev–Trinajstić information content (AvgIpc) is 2.30. The number of rotatable bonds is 2. The average molecular weight is 239 g/mol. The summed E-state index contributed by atoms with van der Waals surface area (Å²) in [6.07, 6.45) is -1.71. The third-order valence-electron chi connectivity index (χ3n) is 1.99. The summed E-state index contributed by atoms with van der Waals surface area (Å²) in [5, 5.41) is 2.84. The van der Waals surface area contributed by atoms with Crippen molar-refractivity contribution < 1.29 is 13.2 Å². The summed E-state index contributed by atoms with van der Waals surface area (Å²) in [4.78, 5) is 7.31. The Balaban J connectivity index is 2.14. The number of pyridine rings is 2. The molecule has 2 rings (SSSR count). The number of hydrogen-bond acceptors (Lipinski definition) is 3. The smallest absolute Gasteiger partial charge is 0.339 e. The quantitative estimate of drug-likeness (QED) is 0.874. The molecule has 0 saturated heterocycles. The fraction of sp³-hybridized carbons (Fsp3) is 0.0909. The largest absolute Gasteiger partial charge is 0.433 e. The summed E-state index contributed by atoms with van der Waals surface area (Å²) in [7, 11) is 0. The molecule has 1 N–H and O–H groups in total. The summed E-state index contributed by atoms with van der Waals surface area (Å²) < 4.78 is 36.8. The SMILES string of the molecule is FC(F)(F)c1ccc(Nc2ccccn2)cn1. The minimum atomic E-state index is -4.41. The molecule has 0 amide bonds. The van der Waals surface area contributed by atoms with Crippen LogP contribution < -0.4 is 5.32 Å². The van der Waals surface area contributed by atoms with E-state index in [2.05, 4.69) is 15.3 Å². The fourth-order valence-corrected chi connectivity index (χ4v) is 1.22. The number of anilines is 2. The molecule has 0 unspecified atom stereocenters. The Morgan fingerprint density at radius 1 is 1.00 bits per heavy atom. The van der Waals surface area contributed by atoms with Crippen LogP contribution in [0.1, 0.15) is 5.69 Å². The van der Waals surface area contributed by atoms with E-state index in [0.29, 0.717) is 11.5 Å². The zero-order valence-corrected chi connectivity index (χ0v) is 8.57. The van der Waals surface area contributed by atoms with Gasteiger partial charge in [-0.2, -0.15) is 13.2 Å². The van der Waals surface area contributed by atoms with Crippen LogP contribution in [0.25, 0.3) is 0 Å². The molecule has 88 valence electrons. The van der Waals surface area contributed by atoms with Crippen molar-refractivity contribution in [2.45, 2.75) is 6.18 Å². The van der Waals surface area contributed by atoms with E-state index in [0.717, 1.165) is 12.3 Å². The molecular formula is C11H8F3N3. The van der Waals surface area contributed by atoms with Crippen LogP contribution in [0.3, 0.4) is 0 Å². The summed E-state index contributed by atoms with van der Waals surface area (Å²) in [5.74, 6) is 0.550.